The number of carbonyl (C=O) groups is 7. The Bertz CT molecular complexity index is 1620. The molecule has 1 aromatic heterocycles. The third-order valence-corrected chi connectivity index (χ3v) is 7.88. The van der Waals surface area contributed by atoms with E-state index < -0.39 is 90.1 Å². The van der Waals surface area contributed by atoms with Gasteiger partial charge >= 0.3 is 11.9 Å². The van der Waals surface area contributed by atoms with Crippen LogP contribution in [0.25, 0.3) is 0 Å². The molecule has 0 saturated heterocycles. The van der Waals surface area contributed by atoms with Crippen LogP contribution in [0.3, 0.4) is 0 Å². The Labute approximate surface area is 310 Å². The molecular formula is C33H49N11O10. The summed E-state index contributed by atoms with van der Waals surface area (Å²) in [5.74, 6) is -8.39. The lowest BCUT2D eigenvalue weighted by Gasteiger charge is -2.28. The number of aliphatic carboxylic acids is 2. The van der Waals surface area contributed by atoms with E-state index in [4.69, 9.17) is 16.9 Å². The number of rotatable bonds is 22. The van der Waals surface area contributed by atoms with Crippen LogP contribution in [-0.4, -0.2) is 116 Å². The van der Waals surface area contributed by atoms with E-state index in [2.05, 4.69) is 41.9 Å². The molecule has 0 fully saturated rings. The lowest BCUT2D eigenvalue weighted by molar-refractivity contribution is -0.143. The van der Waals surface area contributed by atoms with Crippen molar-refractivity contribution in [2.75, 3.05) is 6.54 Å². The van der Waals surface area contributed by atoms with Gasteiger partial charge in [0.2, 0.25) is 29.5 Å². The first-order valence-electron chi connectivity index (χ1n) is 16.9. The molecule has 0 saturated carbocycles. The lowest BCUT2D eigenvalue weighted by Crippen LogP contribution is -2.60. The molecule has 0 aliphatic carbocycles. The van der Waals surface area contributed by atoms with Crippen molar-refractivity contribution in [3.63, 3.8) is 0 Å². The molecule has 21 heteroatoms. The highest BCUT2D eigenvalue weighted by Gasteiger charge is 2.34. The number of guanidine groups is 1. The molecule has 0 bridgehead atoms. The van der Waals surface area contributed by atoms with Gasteiger partial charge in [0.25, 0.3) is 0 Å². The second-order valence-electron chi connectivity index (χ2n) is 12.8. The first-order valence-corrected chi connectivity index (χ1v) is 16.9. The number of amides is 5. The van der Waals surface area contributed by atoms with E-state index in [0.29, 0.717) is 11.3 Å². The summed E-state index contributed by atoms with van der Waals surface area (Å²) in [6, 6.07) is -2.60. The number of hydrogen-bond donors (Lipinski definition) is 13. The van der Waals surface area contributed by atoms with Crippen LogP contribution in [0.4, 0.5) is 0 Å². The van der Waals surface area contributed by atoms with E-state index in [1.54, 1.807) is 13.8 Å². The molecule has 15 N–H and O–H groups in total. The van der Waals surface area contributed by atoms with Crippen molar-refractivity contribution in [1.82, 2.24) is 41.9 Å². The zero-order chi connectivity index (χ0) is 40.5. The highest BCUT2D eigenvalue weighted by atomic mass is 16.4. The van der Waals surface area contributed by atoms with Crippen molar-refractivity contribution in [2.24, 2.45) is 17.4 Å². The number of benzene rings is 1. The number of phenols is 1. The molecule has 0 radical (unpaired) electrons. The van der Waals surface area contributed by atoms with Gasteiger partial charge in [-0.25, -0.2) is 9.78 Å². The van der Waals surface area contributed by atoms with Crippen LogP contribution in [0.1, 0.15) is 51.3 Å². The molecule has 54 heavy (non-hydrogen) atoms. The summed E-state index contributed by atoms with van der Waals surface area (Å²) in [7, 11) is 0. The van der Waals surface area contributed by atoms with Crippen molar-refractivity contribution in [2.45, 2.75) is 89.1 Å². The zero-order valence-corrected chi connectivity index (χ0v) is 30.0. The van der Waals surface area contributed by atoms with Gasteiger partial charge in [-0.05, 0) is 43.4 Å². The quantitative estimate of drug-likeness (QED) is 0.0327. The molecule has 2 rings (SSSR count). The Balaban J connectivity index is 2.29. The highest BCUT2D eigenvalue weighted by molar-refractivity contribution is 5.97. The Morgan fingerprint density at radius 3 is 1.91 bits per heavy atom. The molecule has 2 aromatic rings. The van der Waals surface area contributed by atoms with Crippen molar-refractivity contribution >= 4 is 47.4 Å². The minimum Gasteiger partial charge on any atom is -0.508 e. The monoisotopic (exact) mass is 759 g/mol. The first-order chi connectivity index (χ1) is 25.4. The summed E-state index contributed by atoms with van der Waals surface area (Å²) in [4.78, 5) is 97.1. The van der Waals surface area contributed by atoms with Crippen molar-refractivity contribution in [3.05, 3.63) is 48.0 Å². The number of aromatic hydroxyl groups is 1. The number of carboxylic acid groups (broad SMARTS) is 2. The van der Waals surface area contributed by atoms with Gasteiger partial charge in [0.05, 0.1) is 24.5 Å². The Hall–Kier alpha value is -6.25. The zero-order valence-electron chi connectivity index (χ0n) is 30.0. The SMILES string of the molecule is CC(C)[C@H](NC(=O)[C@H](CC(=O)O)NC(=O)[C@H](CCCNC(=N)N)NC(=O)[C@H](Cc1c[nH]cn1)NC(=O)[C@H](C)N)C(=O)N[C@@H](Cc1ccc(O)cc1)C(=O)O. The third kappa shape index (κ3) is 15.2. The molecule has 0 spiro atoms. The molecule has 1 aromatic carbocycles. The smallest absolute Gasteiger partial charge is 0.326 e. The predicted octanol–water partition coefficient (Wildman–Crippen LogP) is -2.85. The van der Waals surface area contributed by atoms with E-state index in [1.165, 1.54) is 43.7 Å². The average Bonchev–Trinajstić information content (AvgIpc) is 3.60. The summed E-state index contributed by atoms with van der Waals surface area (Å²) in [6.45, 7) is 4.60. The maximum Gasteiger partial charge on any atom is 0.326 e. The van der Waals surface area contributed by atoms with Crippen LogP contribution in [-0.2, 0) is 46.4 Å². The minimum atomic E-state index is -1.77. The maximum atomic E-state index is 13.7. The lowest BCUT2D eigenvalue weighted by atomic mass is 10.0. The number of carbonyl (C=O) groups excluding carboxylic acids is 5. The average molecular weight is 760 g/mol. The second-order valence-corrected chi connectivity index (χ2v) is 12.8. The molecule has 21 nitrogen and oxygen atoms in total. The number of aromatic nitrogens is 2. The summed E-state index contributed by atoms with van der Waals surface area (Å²) in [5, 5.41) is 50.9. The number of carboxylic acids is 2. The van der Waals surface area contributed by atoms with Crippen LogP contribution < -0.4 is 43.4 Å². The van der Waals surface area contributed by atoms with Crippen molar-refractivity contribution in [3.8, 4) is 5.75 Å². The topological polar surface area (TPSA) is 357 Å². The van der Waals surface area contributed by atoms with E-state index in [9.17, 15) is 48.9 Å². The highest BCUT2D eigenvalue weighted by Crippen LogP contribution is 2.13. The fourth-order valence-corrected chi connectivity index (χ4v) is 4.97. The molecule has 0 aliphatic heterocycles. The number of H-pyrrole nitrogens is 1. The van der Waals surface area contributed by atoms with Gasteiger partial charge in [0, 0.05) is 25.6 Å². The normalized spacial score (nSPS) is 14.2. The number of nitrogens with zero attached hydrogens (tertiary/aromatic N) is 1. The number of imidazole rings is 1. The van der Waals surface area contributed by atoms with Gasteiger partial charge in [-0.15, -0.1) is 0 Å². The molecule has 1 heterocycles. The summed E-state index contributed by atoms with van der Waals surface area (Å²) >= 11 is 0. The van der Waals surface area contributed by atoms with Gasteiger partial charge in [0.15, 0.2) is 5.96 Å². The molecule has 6 atom stereocenters. The van der Waals surface area contributed by atoms with Gasteiger partial charge in [-0.3, -0.25) is 34.2 Å². The van der Waals surface area contributed by atoms with Crippen LogP contribution >= 0.6 is 0 Å². The van der Waals surface area contributed by atoms with Crippen molar-refractivity contribution in [1.29, 1.82) is 5.41 Å². The Morgan fingerprint density at radius 2 is 1.37 bits per heavy atom. The minimum absolute atomic E-state index is 0.0426. The van der Waals surface area contributed by atoms with Gasteiger partial charge in [-0.1, -0.05) is 26.0 Å². The Morgan fingerprint density at radius 1 is 0.796 bits per heavy atom. The standard InChI is InChI=1S/C33H49N11O10/c1-16(2)26(31(52)43-24(32(53)54)11-18-6-8-20(45)9-7-18)44-30(51)23(13-25(46)47)42-28(49)21(5-4-10-38-33(35)36)40-29(50)22(41-27(48)17(3)34)12-19-14-37-15-39-19/h6-9,14-17,21-24,26,45H,4-5,10-13,34H2,1-3H3,(H,37,39)(H,40,50)(H,41,48)(H,42,49)(H,43,52)(H,44,51)(H,46,47)(H,53,54)(H4,35,36,38)/t17-,21-,22-,23-,24-,26-/m0/s1. The first kappa shape index (κ1) is 43.9. The van der Waals surface area contributed by atoms with Gasteiger partial charge < -0.3 is 63.7 Å². The number of aromatic amines is 1. The van der Waals surface area contributed by atoms with Gasteiger partial charge in [-0.2, -0.15) is 0 Å². The van der Waals surface area contributed by atoms with Crippen LogP contribution in [0.2, 0.25) is 0 Å². The fourth-order valence-electron chi connectivity index (χ4n) is 4.97. The fraction of sp³-hybridized carbons (Fsp3) is 0.485. The number of hydrogen-bond acceptors (Lipinski definition) is 11. The predicted molar refractivity (Wildman–Crippen MR) is 191 cm³/mol. The maximum absolute atomic E-state index is 13.7. The van der Waals surface area contributed by atoms with E-state index in [0.717, 1.165) is 0 Å². The van der Waals surface area contributed by atoms with E-state index >= 15 is 0 Å². The summed E-state index contributed by atoms with van der Waals surface area (Å²) in [5.41, 5.74) is 11.9. The van der Waals surface area contributed by atoms with Crippen molar-refractivity contribution < 1.29 is 48.9 Å². The third-order valence-electron chi connectivity index (χ3n) is 7.88. The Kier molecular flexibility index (Phi) is 17.3. The summed E-state index contributed by atoms with van der Waals surface area (Å²) < 4.78 is 0. The van der Waals surface area contributed by atoms with E-state index in [-0.39, 0.29) is 43.9 Å². The van der Waals surface area contributed by atoms with Crippen LogP contribution in [0.5, 0.6) is 5.75 Å². The van der Waals surface area contributed by atoms with E-state index in [1.807, 2.05) is 0 Å². The molecule has 296 valence electrons. The number of nitrogens with one attached hydrogen (secondary N) is 8. The van der Waals surface area contributed by atoms with Crippen LogP contribution in [0, 0.1) is 11.3 Å². The molecule has 5 amide bonds. The van der Waals surface area contributed by atoms with Gasteiger partial charge in [0.1, 0.15) is 36.0 Å². The second kappa shape index (κ2) is 21.3. The molecular weight excluding hydrogens is 710 g/mol. The number of nitrogens with two attached hydrogens (primary N) is 2. The summed E-state index contributed by atoms with van der Waals surface area (Å²) in [6.07, 6.45) is 1.69. The molecule has 0 unspecified atom stereocenters. The largest absolute Gasteiger partial charge is 0.508 e. The number of phenolic OH excluding ortho intramolecular Hbond substituents is 1. The molecule has 0 aliphatic rings. The van der Waals surface area contributed by atoms with Crippen LogP contribution in [0.15, 0.2) is 36.8 Å².